The number of hydrogen-bond donors (Lipinski definition) is 0. The van der Waals surface area contributed by atoms with Gasteiger partial charge in [0.15, 0.2) is 14.8 Å². The molecule has 0 amide bonds. The summed E-state index contributed by atoms with van der Waals surface area (Å²) in [5.41, 5.74) is 1.03. The Hall–Kier alpha value is -0.983. The molecule has 2 heterocycles. The van der Waals surface area contributed by atoms with Crippen molar-refractivity contribution in [2.24, 2.45) is 0 Å². The molecule has 0 fully saturated rings. The lowest BCUT2D eigenvalue weighted by molar-refractivity contribution is 0.0925. The smallest absolute Gasteiger partial charge is 0.198 e. The van der Waals surface area contributed by atoms with Gasteiger partial charge in [-0.15, -0.1) is 11.3 Å². The molecule has 4 nitrogen and oxygen atoms in total. The van der Waals surface area contributed by atoms with Gasteiger partial charge >= 0.3 is 0 Å². The number of hydrogen-bond acceptors (Lipinski definition) is 4. The van der Waals surface area contributed by atoms with E-state index in [9.17, 15) is 4.79 Å². The Morgan fingerprint density at radius 1 is 1.47 bits per heavy atom. The lowest BCUT2D eigenvalue weighted by Crippen LogP contribution is -2.15. The minimum absolute atomic E-state index is 0.0126. The normalized spacial score (nSPS) is 12.5. The molecular weight excluding hydrogens is 276 g/mol. The molecule has 0 atom stereocenters. The van der Waals surface area contributed by atoms with Gasteiger partial charge in [0.1, 0.15) is 11.2 Å². The highest BCUT2D eigenvalue weighted by molar-refractivity contribution is 7.19. The lowest BCUT2D eigenvalue weighted by atomic mass is 9.93. The fraction of sp³-hybridized carbons (Fsp3) is 0.538. The van der Waals surface area contributed by atoms with Gasteiger partial charge in [0.2, 0.25) is 0 Å². The SMILES string of the molecule is C[SiH](C)OCC(=O)c1cn2cnc(C(C)(C)C)c2s1. The third-order valence-electron chi connectivity index (χ3n) is 2.74. The van der Waals surface area contributed by atoms with E-state index in [0.29, 0.717) is 0 Å². The van der Waals surface area contributed by atoms with Crippen LogP contribution in [0.5, 0.6) is 0 Å². The molecule has 0 saturated carbocycles. The Bertz CT molecular complexity index is 595. The predicted molar refractivity (Wildman–Crippen MR) is 80.9 cm³/mol. The molecule has 0 aliphatic carbocycles. The maximum atomic E-state index is 12.1. The highest BCUT2D eigenvalue weighted by atomic mass is 32.1. The number of Topliss-reactive ketones (excluding diaryl/α,β-unsaturated/α-hetero) is 1. The number of carbonyl (C=O) groups is 1. The second kappa shape index (κ2) is 5.18. The molecule has 0 aliphatic heterocycles. The van der Waals surface area contributed by atoms with Crippen molar-refractivity contribution in [2.75, 3.05) is 6.61 Å². The molecule has 0 spiro atoms. The summed E-state index contributed by atoms with van der Waals surface area (Å²) in [7, 11) is -1.14. The minimum Gasteiger partial charge on any atom is -0.413 e. The molecule has 2 rings (SSSR count). The standard InChI is InChI=1S/C13H20N2O2SSi/c1-13(2,3)11-12-15(8-14-11)6-10(18-12)9(16)7-17-19(4)5/h6,8,19H,7H2,1-5H3. The minimum atomic E-state index is -1.14. The molecule has 0 bridgehead atoms. The van der Waals surface area contributed by atoms with Crippen molar-refractivity contribution in [1.29, 1.82) is 0 Å². The molecule has 6 heteroatoms. The topological polar surface area (TPSA) is 43.6 Å². The zero-order valence-electron chi connectivity index (χ0n) is 12.1. The summed E-state index contributed by atoms with van der Waals surface area (Å²) in [4.78, 5) is 18.3. The first kappa shape index (κ1) is 14.4. The molecule has 0 saturated heterocycles. The number of carbonyl (C=O) groups excluding carboxylic acids is 1. The number of aromatic nitrogens is 2. The molecule has 0 N–H and O–H groups in total. The summed E-state index contributed by atoms with van der Waals surface area (Å²) in [6, 6.07) is 0. The molecule has 0 aromatic carbocycles. The quantitative estimate of drug-likeness (QED) is 0.643. The Labute approximate surface area is 119 Å². The fourth-order valence-corrected chi connectivity index (χ4v) is 3.45. The van der Waals surface area contributed by atoms with Gasteiger partial charge < -0.3 is 4.43 Å². The van der Waals surface area contributed by atoms with Gasteiger partial charge in [-0.3, -0.25) is 9.20 Å². The molecule has 19 heavy (non-hydrogen) atoms. The number of imidazole rings is 1. The number of thiazole rings is 1. The van der Waals surface area contributed by atoms with E-state index >= 15 is 0 Å². The monoisotopic (exact) mass is 296 g/mol. The highest BCUT2D eigenvalue weighted by Gasteiger charge is 2.22. The molecular formula is C13H20N2O2SSi. The van der Waals surface area contributed by atoms with Crippen LogP contribution >= 0.6 is 11.3 Å². The fourth-order valence-electron chi connectivity index (χ4n) is 1.76. The highest BCUT2D eigenvalue weighted by Crippen LogP contribution is 2.30. The summed E-state index contributed by atoms with van der Waals surface area (Å²) in [6.45, 7) is 10.7. The van der Waals surface area contributed by atoms with Gasteiger partial charge in [0, 0.05) is 11.6 Å². The van der Waals surface area contributed by atoms with E-state index in [4.69, 9.17) is 4.43 Å². The first-order valence-corrected chi connectivity index (χ1v) is 10.0. The predicted octanol–water partition coefficient (Wildman–Crippen LogP) is 2.88. The molecule has 0 aliphatic rings. The van der Waals surface area contributed by atoms with Crippen LogP contribution in [0.3, 0.4) is 0 Å². The Kier molecular flexibility index (Phi) is 3.94. The first-order valence-electron chi connectivity index (χ1n) is 6.41. The van der Waals surface area contributed by atoms with Crippen molar-refractivity contribution < 1.29 is 9.22 Å². The van der Waals surface area contributed by atoms with E-state index in [2.05, 4.69) is 38.8 Å². The van der Waals surface area contributed by atoms with Crippen LogP contribution in [0.4, 0.5) is 0 Å². The summed E-state index contributed by atoms with van der Waals surface area (Å²) in [5, 5.41) is 0. The summed E-state index contributed by atoms with van der Waals surface area (Å²) in [6.07, 6.45) is 3.64. The Balaban J connectivity index is 2.27. The van der Waals surface area contributed by atoms with Gasteiger partial charge in [-0.1, -0.05) is 20.8 Å². The summed E-state index contributed by atoms with van der Waals surface area (Å²) in [5.74, 6) is 0.0646. The molecule has 2 aromatic rings. The Morgan fingerprint density at radius 2 is 2.16 bits per heavy atom. The number of rotatable bonds is 4. The lowest BCUT2D eigenvalue weighted by Gasteiger charge is -2.14. The van der Waals surface area contributed by atoms with Crippen molar-refractivity contribution in [3.63, 3.8) is 0 Å². The van der Waals surface area contributed by atoms with Gasteiger partial charge in [-0.05, 0) is 13.1 Å². The zero-order valence-corrected chi connectivity index (χ0v) is 14.0. The molecule has 0 unspecified atom stereocenters. The van der Waals surface area contributed by atoms with Crippen LogP contribution in [0.2, 0.25) is 13.1 Å². The van der Waals surface area contributed by atoms with Crippen LogP contribution in [-0.4, -0.2) is 30.8 Å². The molecule has 2 aromatic heterocycles. The van der Waals surface area contributed by atoms with E-state index in [0.717, 1.165) is 15.4 Å². The van der Waals surface area contributed by atoms with Crippen LogP contribution < -0.4 is 0 Å². The van der Waals surface area contributed by atoms with Crippen LogP contribution in [0.25, 0.3) is 4.83 Å². The average Bonchev–Trinajstić information content (AvgIpc) is 2.82. The Morgan fingerprint density at radius 3 is 2.74 bits per heavy atom. The number of ketones is 1. The third-order valence-corrected chi connectivity index (χ3v) is 4.73. The second-order valence-electron chi connectivity index (χ2n) is 5.93. The van der Waals surface area contributed by atoms with Crippen molar-refractivity contribution >= 4 is 31.0 Å². The van der Waals surface area contributed by atoms with E-state index in [1.54, 1.807) is 6.33 Å². The van der Waals surface area contributed by atoms with Crippen LogP contribution in [0.1, 0.15) is 36.1 Å². The number of fused-ring (bicyclic) bond motifs is 1. The third kappa shape index (κ3) is 3.13. The van der Waals surface area contributed by atoms with Crippen molar-refractivity contribution in [1.82, 2.24) is 9.38 Å². The van der Waals surface area contributed by atoms with Gasteiger partial charge in [-0.25, -0.2) is 4.98 Å². The van der Waals surface area contributed by atoms with Crippen LogP contribution in [0.15, 0.2) is 12.5 Å². The summed E-state index contributed by atoms with van der Waals surface area (Å²) < 4.78 is 7.44. The van der Waals surface area contributed by atoms with E-state index in [-0.39, 0.29) is 17.8 Å². The van der Waals surface area contributed by atoms with Gasteiger partial charge in [0.05, 0.1) is 17.2 Å². The molecule has 104 valence electrons. The van der Waals surface area contributed by atoms with Crippen molar-refractivity contribution in [3.8, 4) is 0 Å². The maximum absolute atomic E-state index is 12.1. The van der Waals surface area contributed by atoms with E-state index in [1.165, 1.54) is 11.3 Å². The van der Waals surface area contributed by atoms with Gasteiger partial charge in [-0.2, -0.15) is 0 Å². The maximum Gasteiger partial charge on any atom is 0.198 e. The van der Waals surface area contributed by atoms with Crippen LogP contribution in [-0.2, 0) is 9.84 Å². The average molecular weight is 296 g/mol. The van der Waals surface area contributed by atoms with Crippen LogP contribution in [0, 0.1) is 0 Å². The van der Waals surface area contributed by atoms with Crippen molar-refractivity contribution in [2.45, 2.75) is 39.3 Å². The van der Waals surface area contributed by atoms with Crippen molar-refractivity contribution in [3.05, 3.63) is 23.1 Å². The number of nitrogens with zero attached hydrogens (tertiary/aromatic N) is 2. The largest absolute Gasteiger partial charge is 0.413 e. The van der Waals surface area contributed by atoms with E-state index < -0.39 is 9.04 Å². The molecule has 0 radical (unpaired) electrons. The summed E-state index contributed by atoms with van der Waals surface area (Å²) >= 11 is 1.50. The second-order valence-corrected chi connectivity index (χ2v) is 9.40. The van der Waals surface area contributed by atoms with Gasteiger partial charge in [0.25, 0.3) is 0 Å². The first-order chi connectivity index (χ1) is 8.79. The van der Waals surface area contributed by atoms with E-state index in [1.807, 2.05) is 10.6 Å². The zero-order chi connectivity index (χ0) is 14.2.